The van der Waals surface area contributed by atoms with Gasteiger partial charge in [0.1, 0.15) is 0 Å². The fourth-order valence-corrected chi connectivity index (χ4v) is 0.567. The van der Waals surface area contributed by atoms with Crippen LogP contribution in [0, 0.1) is 0 Å². The van der Waals surface area contributed by atoms with Crippen LogP contribution in [0.4, 0.5) is 13.2 Å². The van der Waals surface area contributed by atoms with E-state index >= 15 is 0 Å². The largest absolute Gasteiger partial charge is 0.334 e. The van der Waals surface area contributed by atoms with Crippen molar-refractivity contribution >= 4 is 22.6 Å². The SMILES string of the molecule is CCOC(F)(I)C(F)F. The molecule has 0 aromatic heterocycles. The second-order valence-electron chi connectivity index (χ2n) is 1.30. The number of alkyl halides is 4. The van der Waals surface area contributed by atoms with E-state index in [2.05, 4.69) is 4.74 Å². The van der Waals surface area contributed by atoms with Crippen molar-refractivity contribution in [2.45, 2.75) is 17.2 Å². The van der Waals surface area contributed by atoms with E-state index in [0.717, 1.165) is 22.6 Å². The molecule has 1 unspecified atom stereocenters. The second-order valence-corrected chi connectivity index (χ2v) is 2.77. The maximum Gasteiger partial charge on any atom is 0.321 e. The van der Waals surface area contributed by atoms with E-state index in [1.165, 1.54) is 6.92 Å². The third-order valence-electron chi connectivity index (χ3n) is 0.591. The van der Waals surface area contributed by atoms with Crippen molar-refractivity contribution in [3.05, 3.63) is 0 Å². The van der Waals surface area contributed by atoms with Crippen LogP contribution < -0.4 is 0 Å². The van der Waals surface area contributed by atoms with Crippen LogP contribution in [-0.2, 0) is 4.74 Å². The highest BCUT2D eigenvalue weighted by atomic mass is 127. The minimum Gasteiger partial charge on any atom is -0.334 e. The number of hydrogen-bond acceptors (Lipinski definition) is 1. The Labute approximate surface area is 64.7 Å². The average Bonchev–Trinajstić information content (AvgIpc) is 1.65. The van der Waals surface area contributed by atoms with Crippen LogP contribution in [0.2, 0.25) is 0 Å². The maximum atomic E-state index is 12.2. The van der Waals surface area contributed by atoms with Gasteiger partial charge in [-0.2, -0.15) is 4.39 Å². The average molecular weight is 254 g/mol. The summed E-state index contributed by atoms with van der Waals surface area (Å²) in [6.07, 6.45) is -3.09. The van der Waals surface area contributed by atoms with E-state index < -0.39 is 10.3 Å². The summed E-state index contributed by atoms with van der Waals surface area (Å²) in [6.45, 7) is 1.40. The Kier molecular flexibility index (Phi) is 3.79. The van der Waals surface area contributed by atoms with Gasteiger partial charge in [-0.1, -0.05) is 0 Å². The smallest absolute Gasteiger partial charge is 0.321 e. The number of ether oxygens (including phenoxy) is 1. The third kappa shape index (κ3) is 3.24. The Balaban J connectivity index is 3.70. The molecule has 0 aliphatic carbocycles. The lowest BCUT2D eigenvalue weighted by Gasteiger charge is -2.15. The molecule has 0 fully saturated rings. The summed E-state index contributed by atoms with van der Waals surface area (Å²) in [4.78, 5) is 0. The Morgan fingerprint density at radius 2 is 2.11 bits per heavy atom. The molecule has 0 amide bonds. The van der Waals surface area contributed by atoms with Crippen molar-refractivity contribution in [1.29, 1.82) is 0 Å². The van der Waals surface area contributed by atoms with Gasteiger partial charge in [-0.15, -0.1) is 0 Å². The van der Waals surface area contributed by atoms with Crippen molar-refractivity contribution in [1.82, 2.24) is 0 Å². The van der Waals surface area contributed by atoms with Gasteiger partial charge in [0.2, 0.25) is 0 Å². The molecule has 0 aromatic carbocycles. The van der Waals surface area contributed by atoms with Crippen molar-refractivity contribution in [3.63, 3.8) is 0 Å². The predicted molar refractivity (Wildman–Crippen MR) is 35.5 cm³/mol. The monoisotopic (exact) mass is 254 g/mol. The molecule has 0 aliphatic rings. The minimum absolute atomic E-state index is 0.0518. The first-order chi connectivity index (χ1) is 4.00. The quantitative estimate of drug-likeness (QED) is 0.554. The van der Waals surface area contributed by atoms with Crippen LogP contribution in [0.1, 0.15) is 6.92 Å². The fourth-order valence-electron chi connectivity index (χ4n) is 0.255. The topological polar surface area (TPSA) is 9.23 Å². The molecule has 0 rings (SSSR count). The van der Waals surface area contributed by atoms with Gasteiger partial charge in [0.15, 0.2) is 0 Å². The summed E-state index contributed by atoms with van der Waals surface area (Å²) in [5, 5.41) is 0. The van der Waals surface area contributed by atoms with Crippen LogP contribution in [-0.4, -0.2) is 16.9 Å². The summed E-state index contributed by atoms with van der Waals surface area (Å²) in [6, 6.07) is 0. The van der Waals surface area contributed by atoms with Gasteiger partial charge in [-0.25, -0.2) is 8.78 Å². The van der Waals surface area contributed by atoms with Crippen molar-refractivity contribution in [2.75, 3.05) is 6.61 Å². The first-order valence-corrected chi connectivity index (χ1v) is 3.38. The van der Waals surface area contributed by atoms with Gasteiger partial charge < -0.3 is 4.74 Å². The van der Waals surface area contributed by atoms with E-state index in [1.807, 2.05) is 0 Å². The molecule has 0 bridgehead atoms. The van der Waals surface area contributed by atoms with Crippen LogP contribution in [0.25, 0.3) is 0 Å². The lowest BCUT2D eigenvalue weighted by atomic mass is 10.7. The molecule has 56 valence electrons. The molecule has 1 nitrogen and oxygen atoms in total. The molecule has 1 atom stereocenters. The molecule has 0 aliphatic heterocycles. The van der Waals surface area contributed by atoms with Crippen LogP contribution in [0.5, 0.6) is 0 Å². The molecule has 0 saturated heterocycles. The molecule has 0 heterocycles. The zero-order valence-electron chi connectivity index (χ0n) is 4.70. The number of hydrogen-bond donors (Lipinski definition) is 0. The fraction of sp³-hybridized carbons (Fsp3) is 1.00. The van der Waals surface area contributed by atoms with E-state index in [1.54, 1.807) is 0 Å². The lowest BCUT2D eigenvalue weighted by Crippen LogP contribution is -2.27. The minimum atomic E-state index is -3.09. The van der Waals surface area contributed by atoms with Crippen LogP contribution in [0.15, 0.2) is 0 Å². The van der Waals surface area contributed by atoms with E-state index in [-0.39, 0.29) is 6.61 Å². The third-order valence-corrected chi connectivity index (χ3v) is 1.37. The lowest BCUT2D eigenvalue weighted by molar-refractivity contribution is -0.139. The normalized spacial score (nSPS) is 18.0. The zero-order chi connectivity index (χ0) is 7.49. The first-order valence-electron chi connectivity index (χ1n) is 2.30. The number of halogens is 4. The Morgan fingerprint density at radius 3 is 2.22 bits per heavy atom. The highest BCUT2D eigenvalue weighted by Gasteiger charge is 2.37. The second kappa shape index (κ2) is 3.60. The van der Waals surface area contributed by atoms with Crippen molar-refractivity contribution < 1.29 is 17.9 Å². The van der Waals surface area contributed by atoms with Gasteiger partial charge >= 0.3 is 10.3 Å². The number of rotatable bonds is 3. The predicted octanol–water partition coefficient (Wildman–Crippen LogP) is 2.35. The summed E-state index contributed by atoms with van der Waals surface area (Å²) < 4.78 is 36.5. The van der Waals surface area contributed by atoms with E-state index in [0.29, 0.717) is 0 Å². The van der Waals surface area contributed by atoms with E-state index in [4.69, 9.17) is 0 Å². The summed E-state index contributed by atoms with van der Waals surface area (Å²) in [5.41, 5.74) is 0. The molecule has 5 heteroatoms. The van der Waals surface area contributed by atoms with Crippen LogP contribution in [0.3, 0.4) is 0 Å². The Bertz CT molecular complexity index is 85.9. The Hall–Kier alpha value is 0.480. The highest BCUT2D eigenvalue weighted by Crippen LogP contribution is 2.29. The maximum absolute atomic E-state index is 12.2. The van der Waals surface area contributed by atoms with Gasteiger partial charge in [0, 0.05) is 6.61 Å². The van der Waals surface area contributed by atoms with Gasteiger partial charge in [-0.05, 0) is 29.5 Å². The zero-order valence-corrected chi connectivity index (χ0v) is 6.86. The highest BCUT2D eigenvalue weighted by molar-refractivity contribution is 14.1. The van der Waals surface area contributed by atoms with Crippen molar-refractivity contribution in [3.8, 4) is 0 Å². The van der Waals surface area contributed by atoms with Gasteiger partial charge in [-0.3, -0.25) is 0 Å². The molecule has 0 aromatic rings. The standard InChI is InChI=1S/C4H6F3IO/c1-2-9-4(7,8)3(5)6/h3H,2H2,1H3. The molecule has 0 N–H and O–H groups in total. The van der Waals surface area contributed by atoms with Gasteiger partial charge in [0.25, 0.3) is 0 Å². The van der Waals surface area contributed by atoms with Crippen LogP contribution >= 0.6 is 22.6 Å². The summed E-state index contributed by atoms with van der Waals surface area (Å²) in [7, 11) is 0. The summed E-state index contributed by atoms with van der Waals surface area (Å²) >= 11 is 0.927. The first kappa shape index (κ1) is 9.48. The Morgan fingerprint density at radius 1 is 1.67 bits per heavy atom. The van der Waals surface area contributed by atoms with Gasteiger partial charge in [0.05, 0.1) is 0 Å². The molecular weight excluding hydrogens is 248 g/mol. The summed E-state index contributed by atoms with van der Waals surface area (Å²) in [5.74, 6) is 0. The molecule has 0 radical (unpaired) electrons. The molecular formula is C4H6F3IO. The molecule has 0 spiro atoms. The molecule has 9 heavy (non-hydrogen) atoms. The molecule has 0 saturated carbocycles. The van der Waals surface area contributed by atoms with Crippen molar-refractivity contribution in [2.24, 2.45) is 0 Å². The van der Waals surface area contributed by atoms with E-state index in [9.17, 15) is 13.2 Å².